The van der Waals surface area contributed by atoms with E-state index in [1.54, 1.807) is 7.05 Å². The number of amides is 1. The molecule has 0 atom stereocenters. The van der Waals surface area contributed by atoms with Crippen LogP contribution >= 0.6 is 0 Å². The van der Waals surface area contributed by atoms with Gasteiger partial charge >= 0.3 is 0 Å². The van der Waals surface area contributed by atoms with Crippen molar-refractivity contribution < 1.29 is 9.53 Å². The molecule has 0 heterocycles. The van der Waals surface area contributed by atoms with Gasteiger partial charge in [-0.2, -0.15) is 0 Å². The lowest BCUT2D eigenvalue weighted by molar-refractivity contribution is -0.123. The van der Waals surface area contributed by atoms with Gasteiger partial charge in [0, 0.05) is 26.2 Å². The minimum absolute atomic E-state index is 0.0481. The number of guanidine groups is 1. The third-order valence-electron chi connectivity index (χ3n) is 4.84. The van der Waals surface area contributed by atoms with E-state index in [2.05, 4.69) is 53.0 Å². The molecular weight excluding hydrogens is 364 g/mol. The molecule has 1 amide bonds. The van der Waals surface area contributed by atoms with Crippen molar-refractivity contribution in [3.63, 3.8) is 0 Å². The summed E-state index contributed by atoms with van der Waals surface area (Å²) in [7, 11) is 1.76. The fourth-order valence-corrected chi connectivity index (χ4v) is 3.02. The summed E-state index contributed by atoms with van der Waals surface area (Å²) in [5.74, 6) is 1.36. The van der Waals surface area contributed by atoms with Crippen LogP contribution in [0.4, 0.5) is 0 Å². The lowest BCUT2D eigenvalue weighted by atomic mass is 10.1. The van der Waals surface area contributed by atoms with E-state index in [0.29, 0.717) is 24.9 Å². The van der Waals surface area contributed by atoms with Gasteiger partial charge in [0.2, 0.25) is 0 Å². The second kappa shape index (κ2) is 9.96. The zero-order valence-corrected chi connectivity index (χ0v) is 17.4. The standard InChI is InChI=1S/C23H30N4O2/c1-16-7-8-19(17(2)11-16)14-26-23(24-3)25-13-18-5-4-6-21(12-18)29-15-22(28)27-20-9-10-20/h4-8,11-12,20H,9-10,13-15H2,1-3H3,(H,27,28)(H2,24,25,26). The van der Waals surface area contributed by atoms with Crippen molar-refractivity contribution in [1.29, 1.82) is 0 Å². The number of nitrogens with zero attached hydrogens (tertiary/aromatic N) is 1. The number of hydrogen-bond acceptors (Lipinski definition) is 3. The van der Waals surface area contributed by atoms with E-state index < -0.39 is 0 Å². The van der Waals surface area contributed by atoms with Gasteiger partial charge in [-0.25, -0.2) is 0 Å². The van der Waals surface area contributed by atoms with Crippen LogP contribution in [0.5, 0.6) is 5.75 Å². The molecule has 1 aliphatic rings. The Morgan fingerprint density at radius 3 is 2.62 bits per heavy atom. The number of benzene rings is 2. The first-order valence-electron chi connectivity index (χ1n) is 10.1. The summed E-state index contributed by atoms with van der Waals surface area (Å²) in [6, 6.07) is 14.5. The van der Waals surface area contributed by atoms with Crippen molar-refractivity contribution in [3.05, 3.63) is 64.7 Å². The predicted molar refractivity (Wildman–Crippen MR) is 116 cm³/mol. The summed E-state index contributed by atoms with van der Waals surface area (Å²) in [5, 5.41) is 9.59. The van der Waals surface area contributed by atoms with Gasteiger partial charge in [0.15, 0.2) is 12.6 Å². The number of hydrogen-bond donors (Lipinski definition) is 3. The Bertz CT molecular complexity index is 875. The van der Waals surface area contributed by atoms with Gasteiger partial charge in [0.1, 0.15) is 5.75 Å². The van der Waals surface area contributed by atoms with Crippen LogP contribution in [0.15, 0.2) is 47.5 Å². The van der Waals surface area contributed by atoms with Crippen LogP contribution in [0, 0.1) is 13.8 Å². The van der Waals surface area contributed by atoms with Gasteiger partial charge in [-0.05, 0) is 55.5 Å². The molecule has 1 aliphatic carbocycles. The molecule has 0 spiro atoms. The number of rotatable bonds is 8. The van der Waals surface area contributed by atoms with E-state index >= 15 is 0 Å². The summed E-state index contributed by atoms with van der Waals surface area (Å²) < 4.78 is 5.61. The second-order valence-corrected chi connectivity index (χ2v) is 7.49. The molecule has 1 saturated carbocycles. The Morgan fingerprint density at radius 1 is 1.10 bits per heavy atom. The fourth-order valence-electron chi connectivity index (χ4n) is 3.02. The number of ether oxygens (including phenoxy) is 1. The normalized spacial score (nSPS) is 13.7. The Kier molecular flexibility index (Phi) is 7.11. The highest BCUT2D eigenvalue weighted by Crippen LogP contribution is 2.18. The quantitative estimate of drug-likeness (QED) is 0.475. The highest BCUT2D eigenvalue weighted by molar-refractivity contribution is 5.79. The zero-order chi connectivity index (χ0) is 20.6. The Balaban J connectivity index is 1.46. The summed E-state index contributed by atoms with van der Waals surface area (Å²) in [5.41, 5.74) is 4.84. The van der Waals surface area contributed by atoms with E-state index in [1.165, 1.54) is 16.7 Å². The van der Waals surface area contributed by atoms with E-state index in [9.17, 15) is 4.79 Å². The van der Waals surface area contributed by atoms with Gasteiger partial charge < -0.3 is 20.7 Å². The van der Waals surface area contributed by atoms with Crippen molar-refractivity contribution in [2.45, 2.75) is 45.8 Å². The van der Waals surface area contributed by atoms with E-state index in [-0.39, 0.29) is 12.5 Å². The van der Waals surface area contributed by atoms with E-state index in [1.807, 2.05) is 24.3 Å². The molecule has 154 valence electrons. The van der Waals surface area contributed by atoms with Crippen molar-refractivity contribution in [2.75, 3.05) is 13.7 Å². The maximum atomic E-state index is 11.8. The average Bonchev–Trinajstić information content (AvgIpc) is 3.52. The van der Waals surface area contributed by atoms with Crippen LogP contribution in [0.3, 0.4) is 0 Å². The van der Waals surface area contributed by atoms with Crippen LogP contribution in [0.1, 0.15) is 35.1 Å². The van der Waals surface area contributed by atoms with Crippen LogP contribution in [-0.2, 0) is 17.9 Å². The maximum absolute atomic E-state index is 11.8. The first-order valence-corrected chi connectivity index (χ1v) is 10.1. The maximum Gasteiger partial charge on any atom is 0.258 e. The molecule has 0 aliphatic heterocycles. The fraction of sp³-hybridized carbons (Fsp3) is 0.391. The second-order valence-electron chi connectivity index (χ2n) is 7.49. The lowest BCUT2D eigenvalue weighted by Crippen LogP contribution is -2.36. The Labute approximate surface area is 172 Å². The number of nitrogens with one attached hydrogen (secondary N) is 3. The number of aryl methyl sites for hydroxylation is 2. The van der Waals surface area contributed by atoms with Crippen LogP contribution < -0.4 is 20.7 Å². The molecule has 2 aromatic rings. The SMILES string of the molecule is CN=C(NCc1cccc(OCC(=O)NC2CC2)c1)NCc1ccc(C)cc1C. The highest BCUT2D eigenvalue weighted by Gasteiger charge is 2.23. The van der Waals surface area contributed by atoms with Crippen molar-refractivity contribution in [2.24, 2.45) is 4.99 Å². The molecular formula is C23H30N4O2. The molecule has 3 rings (SSSR count). The van der Waals surface area contributed by atoms with Crippen LogP contribution in [-0.4, -0.2) is 31.6 Å². The Morgan fingerprint density at radius 2 is 1.90 bits per heavy atom. The molecule has 6 heteroatoms. The predicted octanol–water partition coefficient (Wildman–Crippen LogP) is 2.83. The first-order chi connectivity index (χ1) is 14.0. The molecule has 0 radical (unpaired) electrons. The summed E-state index contributed by atoms with van der Waals surface area (Å²) in [6.07, 6.45) is 2.15. The summed E-state index contributed by atoms with van der Waals surface area (Å²) in [6.45, 7) is 5.59. The summed E-state index contributed by atoms with van der Waals surface area (Å²) in [4.78, 5) is 16.1. The van der Waals surface area contributed by atoms with E-state index in [0.717, 1.165) is 24.4 Å². The van der Waals surface area contributed by atoms with Gasteiger partial charge in [-0.3, -0.25) is 9.79 Å². The minimum Gasteiger partial charge on any atom is -0.484 e. The molecule has 6 nitrogen and oxygen atoms in total. The molecule has 0 aromatic heterocycles. The molecule has 1 fully saturated rings. The van der Waals surface area contributed by atoms with Gasteiger partial charge in [-0.1, -0.05) is 35.9 Å². The van der Waals surface area contributed by atoms with Crippen LogP contribution in [0.25, 0.3) is 0 Å². The van der Waals surface area contributed by atoms with Gasteiger partial charge in [0.05, 0.1) is 0 Å². The van der Waals surface area contributed by atoms with Crippen LogP contribution in [0.2, 0.25) is 0 Å². The van der Waals surface area contributed by atoms with Crippen molar-refractivity contribution >= 4 is 11.9 Å². The van der Waals surface area contributed by atoms with Gasteiger partial charge in [-0.15, -0.1) is 0 Å². The molecule has 0 unspecified atom stereocenters. The third-order valence-corrected chi connectivity index (χ3v) is 4.84. The zero-order valence-electron chi connectivity index (χ0n) is 17.4. The lowest BCUT2D eigenvalue weighted by Gasteiger charge is -2.14. The van der Waals surface area contributed by atoms with Crippen molar-refractivity contribution in [1.82, 2.24) is 16.0 Å². The minimum atomic E-state index is -0.0629. The number of aliphatic imine (C=N–C) groups is 1. The highest BCUT2D eigenvalue weighted by atomic mass is 16.5. The molecule has 0 bridgehead atoms. The molecule has 29 heavy (non-hydrogen) atoms. The number of carbonyl (C=O) groups is 1. The number of carbonyl (C=O) groups excluding carboxylic acids is 1. The smallest absolute Gasteiger partial charge is 0.258 e. The topological polar surface area (TPSA) is 74.8 Å². The average molecular weight is 395 g/mol. The largest absolute Gasteiger partial charge is 0.484 e. The molecule has 3 N–H and O–H groups in total. The first kappa shape index (κ1) is 20.7. The summed E-state index contributed by atoms with van der Waals surface area (Å²) >= 11 is 0. The van der Waals surface area contributed by atoms with E-state index in [4.69, 9.17) is 4.74 Å². The molecule has 0 saturated heterocycles. The monoisotopic (exact) mass is 394 g/mol. The third kappa shape index (κ3) is 6.82. The molecule has 2 aromatic carbocycles. The van der Waals surface area contributed by atoms with Crippen molar-refractivity contribution in [3.8, 4) is 5.75 Å². The van der Waals surface area contributed by atoms with Gasteiger partial charge in [0.25, 0.3) is 5.91 Å². The Hall–Kier alpha value is -3.02.